The maximum Gasteiger partial charge on any atom is 0.119 e. The molecule has 4 nitrogen and oxygen atoms in total. The highest BCUT2D eigenvalue weighted by molar-refractivity contribution is 5.31. The van der Waals surface area contributed by atoms with Crippen molar-refractivity contribution in [2.24, 2.45) is 5.84 Å². The van der Waals surface area contributed by atoms with Crippen molar-refractivity contribution in [1.29, 1.82) is 0 Å². The van der Waals surface area contributed by atoms with Crippen LogP contribution < -0.4 is 16.0 Å². The van der Waals surface area contributed by atoms with Gasteiger partial charge < -0.3 is 4.74 Å². The number of hydrogen-bond acceptors (Lipinski definition) is 4. The van der Waals surface area contributed by atoms with Crippen LogP contribution in [-0.2, 0) is 0 Å². The van der Waals surface area contributed by atoms with E-state index in [-0.39, 0.29) is 11.6 Å². The van der Waals surface area contributed by atoms with Crippen LogP contribution in [0, 0.1) is 0 Å². The Morgan fingerprint density at radius 2 is 1.86 bits per heavy atom. The lowest BCUT2D eigenvalue weighted by Gasteiger charge is -2.44. The molecule has 1 aliphatic heterocycles. The number of nitrogens with one attached hydrogen (secondary N) is 1. The molecule has 118 valence electrons. The van der Waals surface area contributed by atoms with Crippen molar-refractivity contribution in [3.05, 3.63) is 29.8 Å². The predicted octanol–water partition coefficient (Wildman–Crippen LogP) is 2.85. The van der Waals surface area contributed by atoms with Crippen molar-refractivity contribution in [3.63, 3.8) is 0 Å². The number of hydrogen-bond donors (Lipinski definition) is 2. The Kier molecular flexibility index (Phi) is 5.62. The maximum absolute atomic E-state index is 5.92. The van der Waals surface area contributed by atoms with Crippen molar-refractivity contribution in [2.45, 2.75) is 51.6 Å². The van der Waals surface area contributed by atoms with Crippen LogP contribution in [0.1, 0.15) is 51.6 Å². The van der Waals surface area contributed by atoms with Gasteiger partial charge in [-0.05, 0) is 63.9 Å². The number of likely N-dealkylation sites (tertiary alicyclic amines) is 1. The smallest absolute Gasteiger partial charge is 0.119 e. The maximum atomic E-state index is 5.92. The fourth-order valence-corrected chi connectivity index (χ4v) is 3.40. The van der Waals surface area contributed by atoms with Gasteiger partial charge in [0.2, 0.25) is 0 Å². The molecule has 0 aliphatic carbocycles. The fraction of sp³-hybridized carbons (Fsp3) is 0.647. The zero-order valence-corrected chi connectivity index (χ0v) is 13.6. The van der Waals surface area contributed by atoms with Crippen LogP contribution in [0.2, 0.25) is 0 Å². The summed E-state index contributed by atoms with van der Waals surface area (Å²) in [7, 11) is 0. The van der Waals surface area contributed by atoms with Crippen LogP contribution >= 0.6 is 0 Å². The van der Waals surface area contributed by atoms with Crippen LogP contribution in [0.15, 0.2) is 24.3 Å². The number of rotatable bonds is 7. The molecule has 1 saturated heterocycles. The summed E-state index contributed by atoms with van der Waals surface area (Å²) in [6.07, 6.45) is 3.64. The van der Waals surface area contributed by atoms with Gasteiger partial charge in [-0.1, -0.05) is 19.1 Å². The zero-order valence-electron chi connectivity index (χ0n) is 13.6. The van der Waals surface area contributed by atoms with Crippen LogP contribution in [0.25, 0.3) is 0 Å². The predicted molar refractivity (Wildman–Crippen MR) is 87.2 cm³/mol. The highest BCUT2D eigenvalue weighted by Crippen LogP contribution is 2.36. The number of benzene rings is 1. The largest absolute Gasteiger partial charge is 0.494 e. The fourth-order valence-electron chi connectivity index (χ4n) is 3.40. The molecule has 1 aromatic carbocycles. The number of hydrazine groups is 1. The molecule has 1 aliphatic rings. The molecule has 0 saturated carbocycles. The van der Waals surface area contributed by atoms with Gasteiger partial charge in [0.25, 0.3) is 0 Å². The Balaban J connectivity index is 2.23. The van der Waals surface area contributed by atoms with E-state index >= 15 is 0 Å². The van der Waals surface area contributed by atoms with E-state index in [1.165, 1.54) is 31.5 Å². The summed E-state index contributed by atoms with van der Waals surface area (Å²) in [6, 6.07) is 8.43. The van der Waals surface area contributed by atoms with Crippen molar-refractivity contribution < 1.29 is 4.74 Å². The van der Waals surface area contributed by atoms with Crippen molar-refractivity contribution in [1.82, 2.24) is 10.3 Å². The molecule has 3 N–H and O–H groups in total. The first-order valence-electron chi connectivity index (χ1n) is 8.09. The second kappa shape index (κ2) is 7.25. The monoisotopic (exact) mass is 291 g/mol. The summed E-state index contributed by atoms with van der Waals surface area (Å²) in [5.41, 5.74) is 4.32. The molecule has 2 atom stereocenters. The van der Waals surface area contributed by atoms with Gasteiger partial charge in [-0.3, -0.25) is 16.2 Å². The van der Waals surface area contributed by atoms with Gasteiger partial charge in [0.15, 0.2) is 0 Å². The Morgan fingerprint density at radius 1 is 1.24 bits per heavy atom. The Hall–Kier alpha value is -1.10. The first-order valence-corrected chi connectivity index (χ1v) is 8.09. The summed E-state index contributed by atoms with van der Waals surface area (Å²) in [6.45, 7) is 9.59. The quantitative estimate of drug-likeness (QED) is 0.599. The van der Waals surface area contributed by atoms with Gasteiger partial charge in [0.1, 0.15) is 5.75 Å². The molecule has 21 heavy (non-hydrogen) atoms. The summed E-state index contributed by atoms with van der Waals surface area (Å²) in [5.74, 6) is 6.84. The molecule has 0 aromatic heterocycles. The highest BCUT2D eigenvalue weighted by atomic mass is 16.5. The molecule has 1 heterocycles. The number of ether oxygens (including phenoxy) is 1. The first kappa shape index (κ1) is 16.3. The molecular weight excluding hydrogens is 262 g/mol. The molecule has 2 rings (SSSR count). The lowest BCUT2D eigenvalue weighted by Crippen LogP contribution is -2.54. The minimum Gasteiger partial charge on any atom is -0.494 e. The first-order chi connectivity index (χ1) is 10.2. The third-order valence-corrected chi connectivity index (χ3v) is 4.86. The number of nitrogens with zero attached hydrogens (tertiary/aromatic N) is 1. The average molecular weight is 291 g/mol. The van der Waals surface area contributed by atoms with E-state index in [1.54, 1.807) is 0 Å². The second-order valence-corrected chi connectivity index (χ2v) is 6.01. The standard InChI is InChI=1S/C17H29N3O/c1-4-17(3,20-12-6-7-13-20)16(19-18)14-8-10-15(11-9-14)21-5-2/h8-11,16,19H,4-7,12-13,18H2,1-3H3. The molecule has 0 bridgehead atoms. The van der Waals surface area contributed by atoms with Crippen LogP contribution in [0.3, 0.4) is 0 Å². The van der Waals surface area contributed by atoms with Crippen LogP contribution in [0.4, 0.5) is 0 Å². The Morgan fingerprint density at radius 3 is 2.33 bits per heavy atom. The van der Waals surface area contributed by atoms with Gasteiger partial charge in [-0.2, -0.15) is 0 Å². The minimum atomic E-state index is 0.0401. The van der Waals surface area contributed by atoms with Crippen molar-refractivity contribution in [2.75, 3.05) is 19.7 Å². The van der Waals surface area contributed by atoms with E-state index in [9.17, 15) is 0 Å². The molecular formula is C17H29N3O. The molecule has 1 fully saturated rings. The van der Waals surface area contributed by atoms with Crippen molar-refractivity contribution in [3.8, 4) is 5.75 Å². The van der Waals surface area contributed by atoms with E-state index in [2.05, 4.69) is 36.3 Å². The second-order valence-electron chi connectivity index (χ2n) is 6.01. The Bertz CT molecular complexity index is 428. The molecule has 1 aromatic rings. The van der Waals surface area contributed by atoms with Gasteiger partial charge in [0, 0.05) is 5.54 Å². The van der Waals surface area contributed by atoms with E-state index < -0.39 is 0 Å². The van der Waals surface area contributed by atoms with Crippen molar-refractivity contribution >= 4 is 0 Å². The van der Waals surface area contributed by atoms with Gasteiger partial charge in [-0.25, -0.2) is 0 Å². The summed E-state index contributed by atoms with van der Waals surface area (Å²) in [4.78, 5) is 2.58. The van der Waals surface area contributed by atoms with Gasteiger partial charge in [0.05, 0.1) is 12.6 Å². The van der Waals surface area contributed by atoms with Gasteiger partial charge >= 0.3 is 0 Å². The van der Waals surface area contributed by atoms with Crippen LogP contribution in [-0.4, -0.2) is 30.1 Å². The molecule has 2 unspecified atom stereocenters. The average Bonchev–Trinajstić information content (AvgIpc) is 3.04. The number of nitrogens with two attached hydrogens (primary N) is 1. The molecule has 0 radical (unpaired) electrons. The van der Waals surface area contributed by atoms with E-state index in [1.807, 2.05) is 19.1 Å². The lowest BCUT2D eigenvalue weighted by molar-refractivity contribution is 0.0840. The summed E-state index contributed by atoms with van der Waals surface area (Å²) in [5, 5.41) is 0. The van der Waals surface area contributed by atoms with Crippen LogP contribution in [0.5, 0.6) is 5.75 Å². The summed E-state index contributed by atoms with van der Waals surface area (Å²) < 4.78 is 5.52. The van der Waals surface area contributed by atoms with E-state index in [0.29, 0.717) is 6.61 Å². The third kappa shape index (κ3) is 3.39. The molecule has 0 amide bonds. The zero-order chi connectivity index (χ0) is 15.3. The highest BCUT2D eigenvalue weighted by Gasteiger charge is 2.39. The molecule has 0 spiro atoms. The molecule has 4 heteroatoms. The summed E-state index contributed by atoms with van der Waals surface area (Å²) >= 11 is 0. The normalized spacial score (nSPS) is 20.2. The minimum absolute atomic E-state index is 0.0401. The third-order valence-electron chi connectivity index (χ3n) is 4.86. The van der Waals surface area contributed by atoms with E-state index in [4.69, 9.17) is 10.6 Å². The topological polar surface area (TPSA) is 50.5 Å². The lowest BCUT2D eigenvalue weighted by atomic mass is 9.83. The van der Waals surface area contributed by atoms with Gasteiger partial charge in [-0.15, -0.1) is 0 Å². The Labute approximate surface area is 128 Å². The SMILES string of the molecule is CCOc1ccc(C(NN)C(C)(CC)N2CCCC2)cc1. The van der Waals surface area contributed by atoms with E-state index in [0.717, 1.165) is 12.2 Å².